The molecule has 1 heterocycles. The van der Waals surface area contributed by atoms with E-state index in [2.05, 4.69) is 0 Å². The Balaban J connectivity index is 1.76. The number of piperazine rings is 1. The van der Waals surface area contributed by atoms with E-state index >= 15 is 0 Å². The van der Waals surface area contributed by atoms with Gasteiger partial charge in [-0.3, -0.25) is 9.69 Å². The first-order valence-electron chi connectivity index (χ1n) is 5.95. The van der Waals surface area contributed by atoms with Gasteiger partial charge in [-0.1, -0.05) is 6.92 Å². The quantitative estimate of drug-likeness (QED) is 0.738. The fourth-order valence-electron chi connectivity index (χ4n) is 2.28. The molecular formula is C11H17F3N2O. The van der Waals surface area contributed by atoms with Crippen LogP contribution in [0.4, 0.5) is 13.2 Å². The summed E-state index contributed by atoms with van der Waals surface area (Å²) in [5, 5.41) is 0. The first kappa shape index (κ1) is 12.7. The van der Waals surface area contributed by atoms with Crippen LogP contribution < -0.4 is 0 Å². The highest BCUT2D eigenvalue weighted by atomic mass is 19.4. The molecule has 17 heavy (non-hydrogen) atoms. The summed E-state index contributed by atoms with van der Waals surface area (Å²) in [7, 11) is 0. The van der Waals surface area contributed by atoms with E-state index in [9.17, 15) is 18.0 Å². The van der Waals surface area contributed by atoms with E-state index in [1.54, 1.807) is 4.90 Å². The van der Waals surface area contributed by atoms with Gasteiger partial charge in [0.2, 0.25) is 5.91 Å². The Labute approximate surface area is 98.6 Å². The van der Waals surface area contributed by atoms with Crippen LogP contribution in [0.2, 0.25) is 0 Å². The number of carbonyl (C=O) groups excluding carboxylic acids is 1. The summed E-state index contributed by atoms with van der Waals surface area (Å²) in [4.78, 5) is 14.9. The molecule has 0 unspecified atom stereocenters. The van der Waals surface area contributed by atoms with Crippen molar-refractivity contribution in [3.8, 4) is 0 Å². The van der Waals surface area contributed by atoms with Crippen LogP contribution >= 0.6 is 0 Å². The van der Waals surface area contributed by atoms with Gasteiger partial charge in [0.15, 0.2) is 0 Å². The number of rotatable bonds is 2. The Kier molecular flexibility index (Phi) is 3.34. The molecule has 98 valence electrons. The minimum atomic E-state index is -4.14. The highest BCUT2D eigenvalue weighted by Gasteiger charge is 2.42. The third kappa shape index (κ3) is 3.34. The maximum Gasteiger partial charge on any atom is 0.401 e. The largest absolute Gasteiger partial charge is 0.401 e. The van der Waals surface area contributed by atoms with E-state index in [4.69, 9.17) is 0 Å². The third-order valence-corrected chi connectivity index (χ3v) is 3.51. The van der Waals surface area contributed by atoms with Gasteiger partial charge in [0, 0.05) is 32.1 Å². The predicted molar refractivity (Wildman–Crippen MR) is 56.3 cm³/mol. The minimum absolute atomic E-state index is 0.129. The van der Waals surface area contributed by atoms with Crippen LogP contribution in [0.3, 0.4) is 0 Å². The standard InChI is InChI=1S/C11H17F3N2O/c1-8-6-9(8)10(17)16-4-2-15(3-5-16)7-11(12,13)14/h8-9H,2-7H2,1H3/t8-,9+/m0/s1. The number of nitrogens with zero attached hydrogens (tertiary/aromatic N) is 2. The van der Waals surface area contributed by atoms with Crippen LogP contribution in [0.5, 0.6) is 0 Å². The second-order valence-electron chi connectivity index (χ2n) is 5.04. The van der Waals surface area contributed by atoms with Crippen LogP contribution in [0.1, 0.15) is 13.3 Å². The van der Waals surface area contributed by atoms with Gasteiger partial charge in [-0.2, -0.15) is 13.2 Å². The molecule has 1 saturated heterocycles. The van der Waals surface area contributed by atoms with E-state index in [0.717, 1.165) is 6.42 Å². The van der Waals surface area contributed by atoms with E-state index < -0.39 is 12.7 Å². The maximum absolute atomic E-state index is 12.2. The molecule has 6 heteroatoms. The fraction of sp³-hybridized carbons (Fsp3) is 0.909. The van der Waals surface area contributed by atoms with E-state index in [-0.39, 0.29) is 11.8 Å². The molecule has 1 amide bonds. The van der Waals surface area contributed by atoms with Gasteiger partial charge < -0.3 is 4.90 Å². The first-order valence-corrected chi connectivity index (χ1v) is 5.95. The molecule has 0 radical (unpaired) electrons. The Morgan fingerprint density at radius 3 is 2.18 bits per heavy atom. The van der Waals surface area contributed by atoms with E-state index in [1.807, 2.05) is 6.92 Å². The van der Waals surface area contributed by atoms with Gasteiger partial charge in [-0.25, -0.2) is 0 Å². The van der Waals surface area contributed by atoms with Crippen LogP contribution in [0.25, 0.3) is 0 Å². The molecule has 0 aromatic carbocycles. The van der Waals surface area contributed by atoms with Gasteiger partial charge in [0.25, 0.3) is 0 Å². The summed E-state index contributed by atoms with van der Waals surface area (Å²) in [5.74, 6) is 0.712. The normalized spacial score (nSPS) is 30.5. The molecule has 0 spiro atoms. The van der Waals surface area contributed by atoms with E-state index in [0.29, 0.717) is 32.1 Å². The topological polar surface area (TPSA) is 23.6 Å². The summed E-state index contributed by atoms with van der Waals surface area (Å²) >= 11 is 0. The number of amides is 1. The van der Waals surface area contributed by atoms with Crippen LogP contribution in [-0.4, -0.2) is 54.6 Å². The highest BCUT2D eigenvalue weighted by molar-refractivity contribution is 5.81. The second-order valence-corrected chi connectivity index (χ2v) is 5.04. The van der Waals surface area contributed by atoms with Crippen molar-refractivity contribution in [1.29, 1.82) is 0 Å². The maximum atomic E-state index is 12.2. The van der Waals surface area contributed by atoms with Crippen molar-refractivity contribution >= 4 is 5.91 Å². The molecule has 1 aliphatic carbocycles. The second kappa shape index (κ2) is 4.48. The lowest BCUT2D eigenvalue weighted by Crippen LogP contribution is -2.51. The van der Waals surface area contributed by atoms with Gasteiger partial charge in [0.1, 0.15) is 0 Å². The molecule has 2 aliphatic rings. The minimum Gasteiger partial charge on any atom is -0.340 e. The van der Waals surface area contributed by atoms with Crippen molar-refractivity contribution in [3.05, 3.63) is 0 Å². The average Bonchev–Trinajstić information content (AvgIpc) is 2.93. The number of hydrogen-bond donors (Lipinski definition) is 0. The van der Waals surface area contributed by atoms with E-state index in [1.165, 1.54) is 4.90 Å². The molecule has 2 atom stereocenters. The van der Waals surface area contributed by atoms with Crippen LogP contribution in [0, 0.1) is 11.8 Å². The highest BCUT2D eigenvalue weighted by Crippen LogP contribution is 2.39. The van der Waals surface area contributed by atoms with Gasteiger partial charge in [0.05, 0.1) is 6.54 Å². The Bertz CT molecular complexity index is 298. The molecule has 0 N–H and O–H groups in total. The van der Waals surface area contributed by atoms with Crippen LogP contribution in [0.15, 0.2) is 0 Å². The Morgan fingerprint density at radius 1 is 1.24 bits per heavy atom. The van der Waals surface area contributed by atoms with Gasteiger partial charge >= 0.3 is 6.18 Å². The zero-order valence-electron chi connectivity index (χ0n) is 9.83. The third-order valence-electron chi connectivity index (χ3n) is 3.51. The van der Waals surface area contributed by atoms with Crippen molar-refractivity contribution in [2.45, 2.75) is 19.5 Å². The zero-order chi connectivity index (χ0) is 12.6. The number of hydrogen-bond acceptors (Lipinski definition) is 2. The Morgan fingerprint density at radius 2 is 1.76 bits per heavy atom. The molecule has 0 bridgehead atoms. The summed E-state index contributed by atoms with van der Waals surface area (Å²) in [6, 6.07) is 0. The molecule has 1 saturated carbocycles. The first-order chi connectivity index (χ1) is 7.87. The summed E-state index contributed by atoms with van der Waals surface area (Å²) in [6.45, 7) is 2.67. The monoisotopic (exact) mass is 250 g/mol. The molecule has 1 aliphatic heterocycles. The van der Waals surface area contributed by atoms with Gasteiger partial charge in [-0.15, -0.1) is 0 Å². The summed E-state index contributed by atoms with van der Waals surface area (Å²) in [5.41, 5.74) is 0. The van der Waals surface area contributed by atoms with Crippen molar-refractivity contribution in [2.75, 3.05) is 32.7 Å². The average molecular weight is 250 g/mol. The number of carbonyl (C=O) groups is 1. The zero-order valence-corrected chi connectivity index (χ0v) is 9.83. The van der Waals surface area contributed by atoms with Crippen molar-refractivity contribution in [2.24, 2.45) is 11.8 Å². The lowest BCUT2D eigenvalue weighted by atomic mass is 10.2. The van der Waals surface area contributed by atoms with Crippen molar-refractivity contribution in [3.63, 3.8) is 0 Å². The SMILES string of the molecule is C[C@H]1C[C@H]1C(=O)N1CCN(CC(F)(F)F)CC1. The fourth-order valence-corrected chi connectivity index (χ4v) is 2.28. The summed E-state index contributed by atoms with van der Waals surface area (Å²) in [6.07, 6.45) is -3.21. The Hall–Kier alpha value is -0.780. The molecular weight excluding hydrogens is 233 g/mol. The predicted octanol–water partition coefficient (Wildman–Crippen LogP) is 1.35. The lowest BCUT2D eigenvalue weighted by Gasteiger charge is -2.35. The lowest BCUT2D eigenvalue weighted by molar-refractivity contribution is -0.152. The number of halogens is 3. The molecule has 3 nitrogen and oxygen atoms in total. The summed E-state index contributed by atoms with van der Waals surface area (Å²) < 4.78 is 36.5. The number of alkyl halides is 3. The molecule has 0 aromatic rings. The molecule has 0 aromatic heterocycles. The van der Waals surface area contributed by atoms with Crippen molar-refractivity contribution in [1.82, 2.24) is 9.80 Å². The molecule has 2 rings (SSSR count). The smallest absolute Gasteiger partial charge is 0.340 e. The van der Waals surface area contributed by atoms with Gasteiger partial charge in [-0.05, 0) is 12.3 Å². The van der Waals surface area contributed by atoms with Crippen molar-refractivity contribution < 1.29 is 18.0 Å². The molecule has 2 fully saturated rings. The van der Waals surface area contributed by atoms with Crippen LogP contribution in [-0.2, 0) is 4.79 Å².